The van der Waals surface area contributed by atoms with Crippen LogP contribution in [0.5, 0.6) is 0 Å². The Morgan fingerprint density at radius 3 is 2.40 bits per heavy atom. The summed E-state index contributed by atoms with van der Waals surface area (Å²) in [5, 5.41) is 15.3. The largest absolute Gasteiger partial charge is 0.481 e. The van der Waals surface area contributed by atoms with E-state index >= 15 is 0 Å². The second-order valence-corrected chi connectivity index (χ2v) is 9.10. The molecule has 3 atom stereocenters. The lowest BCUT2D eigenvalue weighted by Crippen LogP contribution is -2.50. The van der Waals surface area contributed by atoms with Gasteiger partial charge in [-0.05, 0) is 49.7 Å². The van der Waals surface area contributed by atoms with E-state index in [1.54, 1.807) is 18.2 Å². The number of nitrogens with one attached hydrogen (secondary N) is 2. The first kappa shape index (κ1) is 26.6. The molecule has 1 saturated heterocycles. The number of carboxylic acid groups (broad SMARTS) is 1. The number of carbonyl (C=O) groups is 3. The number of hydrogen-bond acceptors (Lipinski definition) is 6. The van der Waals surface area contributed by atoms with Crippen molar-refractivity contribution >= 4 is 52.5 Å². The predicted molar refractivity (Wildman–Crippen MR) is 134 cm³/mol. The number of carboxylic acids is 1. The first-order valence-corrected chi connectivity index (χ1v) is 11.7. The molecule has 35 heavy (non-hydrogen) atoms. The van der Waals surface area contributed by atoms with Gasteiger partial charge < -0.3 is 24.8 Å². The highest BCUT2D eigenvalue weighted by molar-refractivity contribution is 6.42. The molecule has 3 N–H and O–H groups in total. The summed E-state index contributed by atoms with van der Waals surface area (Å²) in [6.07, 6.45) is -1.05. The normalized spacial score (nSPS) is 18.5. The van der Waals surface area contributed by atoms with Crippen LogP contribution in [0.15, 0.2) is 36.4 Å². The molecule has 11 heteroatoms. The maximum absolute atomic E-state index is 13.1. The van der Waals surface area contributed by atoms with E-state index in [4.69, 9.17) is 32.7 Å². The summed E-state index contributed by atoms with van der Waals surface area (Å²) in [5.74, 6) is -1.62. The van der Waals surface area contributed by atoms with Crippen molar-refractivity contribution in [2.75, 3.05) is 30.5 Å². The predicted octanol–water partition coefficient (Wildman–Crippen LogP) is 4.73. The minimum atomic E-state index is -1.10. The van der Waals surface area contributed by atoms with E-state index in [-0.39, 0.29) is 29.1 Å². The minimum absolute atomic E-state index is 0.0335. The van der Waals surface area contributed by atoms with Crippen molar-refractivity contribution in [3.63, 3.8) is 0 Å². The van der Waals surface area contributed by atoms with Crippen LogP contribution in [0.1, 0.15) is 42.2 Å². The fourth-order valence-electron chi connectivity index (χ4n) is 4.04. The number of anilines is 2. The Labute approximate surface area is 213 Å². The van der Waals surface area contributed by atoms with Gasteiger partial charge in [-0.2, -0.15) is 0 Å². The Kier molecular flexibility index (Phi) is 8.82. The first-order valence-electron chi connectivity index (χ1n) is 10.9. The van der Waals surface area contributed by atoms with Crippen LogP contribution in [-0.4, -0.2) is 55.5 Å². The van der Waals surface area contributed by atoms with E-state index in [1.807, 2.05) is 13.8 Å². The fourth-order valence-corrected chi connectivity index (χ4v) is 4.35. The molecular weight excluding hydrogens is 497 g/mol. The average molecular weight is 524 g/mol. The molecule has 3 unspecified atom stereocenters. The zero-order valence-corrected chi connectivity index (χ0v) is 21.0. The van der Waals surface area contributed by atoms with Gasteiger partial charge in [0.25, 0.3) is 5.91 Å². The summed E-state index contributed by atoms with van der Waals surface area (Å²) in [7, 11) is 1.25. The molecule has 2 aromatic rings. The summed E-state index contributed by atoms with van der Waals surface area (Å²) in [6, 6.07) is 8.77. The zero-order chi connectivity index (χ0) is 25.7. The third-order valence-electron chi connectivity index (χ3n) is 5.66. The Morgan fingerprint density at radius 1 is 1.11 bits per heavy atom. The number of nitrogens with zero attached hydrogens (tertiary/aromatic N) is 1. The van der Waals surface area contributed by atoms with E-state index in [2.05, 4.69) is 15.5 Å². The van der Waals surface area contributed by atoms with Crippen molar-refractivity contribution in [3.05, 3.63) is 57.6 Å². The minimum Gasteiger partial charge on any atom is -0.481 e. The van der Waals surface area contributed by atoms with E-state index in [0.29, 0.717) is 35.2 Å². The smallest absolute Gasteiger partial charge is 0.411 e. The van der Waals surface area contributed by atoms with Gasteiger partial charge in [0.2, 0.25) is 0 Å². The standard InChI is InChI=1S/C24H27Cl2N3O6/c1-13-11-35-12-14(2)29(13)21-7-5-16(9-20(21)28-24(33)34-3)23(32)27-19(10-22(30)31)15-4-6-17(25)18(26)8-15/h4-9,13-14,19H,10-12H2,1-3H3,(H,27,32)(H,28,33)(H,30,31). The van der Waals surface area contributed by atoms with Gasteiger partial charge in [-0.3, -0.25) is 14.9 Å². The van der Waals surface area contributed by atoms with Crippen LogP contribution in [0.2, 0.25) is 10.0 Å². The van der Waals surface area contributed by atoms with Gasteiger partial charge in [-0.1, -0.05) is 29.3 Å². The molecule has 1 fully saturated rings. The van der Waals surface area contributed by atoms with Crippen LogP contribution in [0.3, 0.4) is 0 Å². The number of halogens is 2. The summed E-state index contributed by atoms with van der Waals surface area (Å²) in [5.41, 5.74) is 1.82. The van der Waals surface area contributed by atoms with Crippen molar-refractivity contribution in [3.8, 4) is 0 Å². The molecule has 2 amide bonds. The molecule has 3 rings (SSSR count). The summed E-state index contributed by atoms with van der Waals surface area (Å²) in [4.78, 5) is 38.7. The molecule has 0 aliphatic carbocycles. The number of aliphatic carboxylic acids is 1. The molecule has 1 aliphatic rings. The van der Waals surface area contributed by atoms with Gasteiger partial charge in [0.15, 0.2) is 0 Å². The van der Waals surface area contributed by atoms with Crippen LogP contribution < -0.4 is 15.5 Å². The van der Waals surface area contributed by atoms with Crippen molar-refractivity contribution in [1.29, 1.82) is 0 Å². The third-order valence-corrected chi connectivity index (χ3v) is 6.40. The van der Waals surface area contributed by atoms with Crippen molar-refractivity contribution in [1.82, 2.24) is 5.32 Å². The molecule has 0 saturated carbocycles. The van der Waals surface area contributed by atoms with Gasteiger partial charge in [-0.15, -0.1) is 0 Å². The van der Waals surface area contributed by atoms with Gasteiger partial charge in [0.05, 0.1) is 54.2 Å². The fraction of sp³-hybridized carbons (Fsp3) is 0.375. The van der Waals surface area contributed by atoms with E-state index in [1.165, 1.54) is 25.3 Å². The number of rotatable bonds is 7. The number of ether oxygens (including phenoxy) is 2. The van der Waals surface area contributed by atoms with Crippen molar-refractivity contribution in [2.45, 2.75) is 38.4 Å². The Hall–Kier alpha value is -3.01. The van der Waals surface area contributed by atoms with E-state index in [0.717, 1.165) is 0 Å². The molecule has 9 nitrogen and oxygen atoms in total. The zero-order valence-electron chi connectivity index (χ0n) is 19.5. The lowest BCUT2D eigenvalue weighted by molar-refractivity contribution is -0.137. The molecule has 1 heterocycles. The molecule has 0 spiro atoms. The Bertz CT molecular complexity index is 1100. The molecule has 0 bridgehead atoms. The summed E-state index contributed by atoms with van der Waals surface area (Å²) >= 11 is 12.1. The highest BCUT2D eigenvalue weighted by Gasteiger charge is 2.29. The van der Waals surface area contributed by atoms with Crippen LogP contribution >= 0.6 is 23.2 Å². The third kappa shape index (κ3) is 6.56. The number of hydrogen-bond donors (Lipinski definition) is 3. The lowest BCUT2D eigenvalue weighted by Gasteiger charge is -2.41. The van der Waals surface area contributed by atoms with Gasteiger partial charge in [-0.25, -0.2) is 4.79 Å². The summed E-state index contributed by atoms with van der Waals surface area (Å²) < 4.78 is 10.4. The van der Waals surface area contributed by atoms with Crippen LogP contribution in [0.25, 0.3) is 0 Å². The van der Waals surface area contributed by atoms with Crippen LogP contribution in [0.4, 0.5) is 16.2 Å². The SMILES string of the molecule is COC(=O)Nc1cc(C(=O)NC(CC(=O)O)c2ccc(Cl)c(Cl)c2)ccc1N1C(C)COCC1C. The number of morpholine rings is 1. The second kappa shape index (κ2) is 11.6. The number of amides is 2. The Balaban J connectivity index is 1.93. The molecule has 1 aliphatic heterocycles. The average Bonchev–Trinajstić information content (AvgIpc) is 2.80. The highest BCUT2D eigenvalue weighted by Crippen LogP contribution is 2.33. The monoisotopic (exact) mass is 523 g/mol. The lowest BCUT2D eigenvalue weighted by atomic mass is 10.0. The van der Waals surface area contributed by atoms with Crippen molar-refractivity contribution in [2.24, 2.45) is 0 Å². The highest BCUT2D eigenvalue weighted by atomic mass is 35.5. The van der Waals surface area contributed by atoms with Crippen molar-refractivity contribution < 1.29 is 29.0 Å². The molecule has 2 aromatic carbocycles. The van der Waals surface area contributed by atoms with E-state index < -0.39 is 24.0 Å². The summed E-state index contributed by atoms with van der Waals surface area (Å²) in [6.45, 7) is 5.05. The topological polar surface area (TPSA) is 117 Å². The van der Waals surface area contributed by atoms with Crippen LogP contribution in [-0.2, 0) is 14.3 Å². The molecule has 188 valence electrons. The van der Waals surface area contributed by atoms with Gasteiger partial charge >= 0.3 is 12.1 Å². The first-order chi connectivity index (χ1) is 16.6. The second-order valence-electron chi connectivity index (χ2n) is 8.29. The molecule has 0 aromatic heterocycles. The maximum Gasteiger partial charge on any atom is 0.411 e. The number of carbonyl (C=O) groups excluding carboxylic acids is 2. The Morgan fingerprint density at radius 2 is 1.80 bits per heavy atom. The quantitative estimate of drug-likeness (QED) is 0.480. The van der Waals surface area contributed by atoms with Gasteiger partial charge in [0.1, 0.15) is 0 Å². The number of methoxy groups -OCH3 is 1. The molecular formula is C24H27Cl2N3O6. The maximum atomic E-state index is 13.1. The van der Waals surface area contributed by atoms with E-state index in [9.17, 15) is 19.5 Å². The number of benzene rings is 2. The van der Waals surface area contributed by atoms with Gasteiger partial charge in [0, 0.05) is 17.6 Å². The molecule has 0 radical (unpaired) electrons. The van der Waals surface area contributed by atoms with Crippen LogP contribution in [0, 0.1) is 0 Å².